The number of anilines is 1. The zero-order valence-corrected chi connectivity index (χ0v) is 16.4. The molecule has 1 aromatic heterocycles. The molecule has 1 aliphatic heterocycles. The minimum atomic E-state index is -1.05. The zero-order chi connectivity index (χ0) is 21.3. The van der Waals surface area contributed by atoms with Crippen molar-refractivity contribution in [3.05, 3.63) is 65.4 Å². The summed E-state index contributed by atoms with van der Waals surface area (Å²) in [6.07, 6.45) is -0.310. The normalized spacial score (nSPS) is 16.0. The number of nitrogens with zero attached hydrogens (tertiary/aromatic N) is 1. The van der Waals surface area contributed by atoms with Crippen LogP contribution in [0.15, 0.2) is 48.5 Å². The van der Waals surface area contributed by atoms with Gasteiger partial charge in [-0.15, -0.1) is 0 Å². The molecule has 8 nitrogen and oxygen atoms in total. The third-order valence-electron chi connectivity index (χ3n) is 5.18. The average Bonchev–Trinajstić information content (AvgIpc) is 3.10. The van der Waals surface area contributed by atoms with Crippen molar-refractivity contribution >= 4 is 34.4 Å². The van der Waals surface area contributed by atoms with Crippen LogP contribution in [0.4, 0.5) is 5.69 Å². The lowest BCUT2D eigenvalue weighted by Gasteiger charge is -2.19. The number of carboxylic acids is 1. The first-order valence-corrected chi connectivity index (χ1v) is 9.62. The third kappa shape index (κ3) is 3.98. The van der Waals surface area contributed by atoms with Gasteiger partial charge in [0.1, 0.15) is 6.04 Å². The molecule has 0 saturated carbocycles. The molecule has 2 amide bonds. The molecular weight excluding hydrogens is 384 g/mol. The number of fused-ring (bicyclic) bond motifs is 2. The molecule has 154 valence electrons. The van der Waals surface area contributed by atoms with Crippen molar-refractivity contribution in [3.8, 4) is 0 Å². The van der Waals surface area contributed by atoms with E-state index < -0.39 is 12.0 Å². The van der Waals surface area contributed by atoms with E-state index in [1.807, 2.05) is 30.3 Å². The molecule has 8 heteroatoms. The van der Waals surface area contributed by atoms with Crippen LogP contribution in [-0.4, -0.2) is 45.9 Å². The van der Waals surface area contributed by atoms with Crippen LogP contribution >= 0.6 is 0 Å². The second-order valence-corrected chi connectivity index (χ2v) is 7.43. The zero-order valence-electron chi connectivity index (χ0n) is 16.4. The van der Waals surface area contributed by atoms with Gasteiger partial charge in [-0.25, -0.2) is 0 Å². The summed E-state index contributed by atoms with van der Waals surface area (Å²) in [7, 11) is 1.62. The van der Waals surface area contributed by atoms with E-state index in [9.17, 15) is 14.4 Å². The van der Waals surface area contributed by atoms with E-state index in [1.54, 1.807) is 25.2 Å². The SMILES string of the molecule is CN1Cc2cc(C(=O)NCc3cc4ccccc4[nH]3)ccc2NC(CC(=O)O)C1=O. The number of hydrogen-bond donors (Lipinski definition) is 4. The monoisotopic (exact) mass is 406 g/mol. The van der Waals surface area contributed by atoms with Crippen LogP contribution < -0.4 is 10.6 Å². The summed E-state index contributed by atoms with van der Waals surface area (Å²) in [5, 5.41) is 16.1. The first-order valence-electron chi connectivity index (χ1n) is 9.62. The van der Waals surface area contributed by atoms with Gasteiger partial charge in [0.25, 0.3) is 5.91 Å². The fourth-order valence-corrected chi connectivity index (χ4v) is 3.67. The molecule has 4 N–H and O–H groups in total. The van der Waals surface area contributed by atoms with Crippen LogP contribution in [0, 0.1) is 0 Å². The minimum Gasteiger partial charge on any atom is -0.481 e. The number of rotatable bonds is 5. The van der Waals surface area contributed by atoms with Gasteiger partial charge in [-0.2, -0.15) is 0 Å². The van der Waals surface area contributed by atoms with E-state index in [2.05, 4.69) is 15.6 Å². The van der Waals surface area contributed by atoms with Gasteiger partial charge in [0.15, 0.2) is 0 Å². The molecule has 0 bridgehead atoms. The molecule has 0 fully saturated rings. The molecule has 3 aromatic rings. The fraction of sp³-hybridized carbons (Fsp3) is 0.227. The summed E-state index contributed by atoms with van der Waals surface area (Å²) in [4.78, 5) is 40.9. The molecule has 0 spiro atoms. The van der Waals surface area contributed by atoms with Crippen LogP contribution in [0.25, 0.3) is 10.9 Å². The number of para-hydroxylation sites is 1. The number of carbonyl (C=O) groups excluding carboxylic acids is 2. The van der Waals surface area contributed by atoms with Gasteiger partial charge in [0, 0.05) is 36.1 Å². The maximum Gasteiger partial charge on any atom is 0.305 e. The van der Waals surface area contributed by atoms with Gasteiger partial charge >= 0.3 is 5.97 Å². The number of hydrogen-bond acceptors (Lipinski definition) is 4. The molecule has 0 aliphatic carbocycles. The Bertz CT molecular complexity index is 1100. The van der Waals surface area contributed by atoms with Crippen LogP contribution in [0.3, 0.4) is 0 Å². The van der Waals surface area contributed by atoms with Crippen molar-refractivity contribution in [2.45, 2.75) is 25.6 Å². The highest BCUT2D eigenvalue weighted by molar-refractivity contribution is 5.96. The Morgan fingerprint density at radius 3 is 2.77 bits per heavy atom. The summed E-state index contributed by atoms with van der Waals surface area (Å²) in [6, 6.07) is 14.2. The summed E-state index contributed by atoms with van der Waals surface area (Å²) >= 11 is 0. The van der Waals surface area contributed by atoms with Crippen molar-refractivity contribution < 1.29 is 19.5 Å². The lowest BCUT2D eigenvalue weighted by Crippen LogP contribution is -2.39. The molecule has 2 aromatic carbocycles. The van der Waals surface area contributed by atoms with Gasteiger partial charge in [0.05, 0.1) is 13.0 Å². The second-order valence-electron chi connectivity index (χ2n) is 7.43. The maximum atomic E-state index is 12.7. The molecule has 0 radical (unpaired) electrons. The largest absolute Gasteiger partial charge is 0.481 e. The van der Waals surface area contributed by atoms with E-state index in [0.717, 1.165) is 22.2 Å². The maximum absolute atomic E-state index is 12.7. The standard InChI is InChI=1S/C22H22N4O4/c1-26-12-15-8-14(6-7-18(15)25-19(22(26)30)10-20(27)28)21(29)23-11-16-9-13-4-2-3-5-17(13)24-16/h2-9,19,24-25H,10-12H2,1H3,(H,23,29)(H,27,28). The lowest BCUT2D eigenvalue weighted by molar-refractivity contribution is -0.141. The number of aromatic amines is 1. The molecule has 1 atom stereocenters. The van der Waals surface area contributed by atoms with Gasteiger partial charge in [-0.3, -0.25) is 14.4 Å². The summed E-state index contributed by atoms with van der Waals surface area (Å²) in [6.45, 7) is 0.655. The Kier molecular flexibility index (Phi) is 5.14. The van der Waals surface area contributed by atoms with Crippen molar-refractivity contribution in [1.29, 1.82) is 0 Å². The number of benzene rings is 2. The van der Waals surface area contributed by atoms with Crippen molar-refractivity contribution in [3.63, 3.8) is 0 Å². The Labute approximate surface area is 172 Å². The predicted octanol–water partition coefficient (Wildman–Crippen LogP) is 2.33. The molecule has 30 heavy (non-hydrogen) atoms. The molecule has 4 rings (SSSR count). The van der Waals surface area contributed by atoms with Crippen LogP contribution in [0.1, 0.15) is 28.0 Å². The Morgan fingerprint density at radius 2 is 2.00 bits per heavy atom. The first kappa shape index (κ1) is 19.5. The summed E-state index contributed by atoms with van der Waals surface area (Å²) < 4.78 is 0. The highest BCUT2D eigenvalue weighted by Crippen LogP contribution is 2.25. The predicted molar refractivity (Wildman–Crippen MR) is 112 cm³/mol. The van der Waals surface area contributed by atoms with E-state index >= 15 is 0 Å². The number of amides is 2. The first-order chi connectivity index (χ1) is 14.4. The third-order valence-corrected chi connectivity index (χ3v) is 5.18. The Hall–Kier alpha value is -3.81. The molecule has 1 aliphatic rings. The summed E-state index contributed by atoms with van der Waals surface area (Å²) in [5.41, 5.74) is 3.82. The van der Waals surface area contributed by atoms with E-state index in [0.29, 0.717) is 24.3 Å². The molecule has 1 unspecified atom stereocenters. The highest BCUT2D eigenvalue weighted by atomic mass is 16.4. The van der Waals surface area contributed by atoms with Crippen LogP contribution in [-0.2, 0) is 22.7 Å². The molecule has 2 heterocycles. The van der Waals surface area contributed by atoms with Crippen molar-refractivity contribution in [2.75, 3.05) is 12.4 Å². The van der Waals surface area contributed by atoms with Crippen LogP contribution in [0.2, 0.25) is 0 Å². The quantitative estimate of drug-likeness (QED) is 0.519. The number of likely N-dealkylation sites (N-methyl/N-ethyl adjacent to an activating group) is 1. The average molecular weight is 406 g/mol. The van der Waals surface area contributed by atoms with E-state index in [1.165, 1.54) is 4.90 Å². The van der Waals surface area contributed by atoms with Gasteiger partial charge in [-0.05, 0) is 41.3 Å². The number of aromatic nitrogens is 1. The molecular formula is C22H22N4O4. The topological polar surface area (TPSA) is 115 Å². The van der Waals surface area contributed by atoms with Gasteiger partial charge < -0.3 is 25.6 Å². The minimum absolute atomic E-state index is 0.225. The molecule has 0 saturated heterocycles. The van der Waals surface area contributed by atoms with Crippen molar-refractivity contribution in [1.82, 2.24) is 15.2 Å². The van der Waals surface area contributed by atoms with Crippen molar-refractivity contribution in [2.24, 2.45) is 0 Å². The number of carboxylic acid groups (broad SMARTS) is 1. The van der Waals surface area contributed by atoms with Gasteiger partial charge in [-0.1, -0.05) is 18.2 Å². The number of aliphatic carboxylic acids is 1. The number of H-pyrrole nitrogens is 1. The van der Waals surface area contributed by atoms with Gasteiger partial charge in [0.2, 0.25) is 5.91 Å². The smallest absolute Gasteiger partial charge is 0.305 e. The Morgan fingerprint density at radius 1 is 1.20 bits per heavy atom. The lowest BCUT2D eigenvalue weighted by atomic mass is 10.1. The number of carbonyl (C=O) groups is 3. The highest BCUT2D eigenvalue weighted by Gasteiger charge is 2.29. The summed E-state index contributed by atoms with van der Waals surface area (Å²) in [5.74, 6) is -1.57. The van der Waals surface area contributed by atoms with E-state index in [-0.39, 0.29) is 18.2 Å². The number of nitrogens with one attached hydrogen (secondary N) is 3. The Balaban J connectivity index is 1.49. The van der Waals surface area contributed by atoms with Crippen LogP contribution in [0.5, 0.6) is 0 Å². The second kappa shape index (κ2) is 7.90. The van der Waals surface area contributed by atoms with E-state index in [4.69, 9.17) is 5.11 Å². The fourth-order valence-electron chi connectivity index (χ4n) is 3.67.